The lowest BCUT2D eigenvalue weighted by Crippen LogP contribution is -2.16. The summed E-state index contributed by atoms with van der Waals surface area (Å²) in [4.78, 5) is 12.0. The zero-order chi connectivity index (χ0) is 9.52. The minimum Gasteiger partial charge on any atom is -0.348 e. The topological polar surface area (TPSA) is 20.3 Å². The molecule has 0 heterocycles. The van der Waals surface area contributed by atoms with Crippen molar-refractivity contribution in [2.24, 2.45) is 5.92 Å². The maximum Gasteiger partial charge on any atom is 0.209 e. The van der Waals surface area contributed by atoms with Crippen molar-refractivity contribution in [1.82, 2.24) is 4.90 Å². The van der Waals surface area contributed by atoms with Crippen molar-refractivity contribution in [2.75, 3.05) is 13.6 Å². The minimum atomic E-state index is 0.902. The molecule has 0 aromatic carbocycles. The Bertz CT molecular complexity index is 143. The lowest BCUT2D eigenvalue weighted by Gasteiger charge is -2.09. The molecule has 2 heteroatoms. The molecule has 1 rings (SSSR count). The highest BCUT2D eigenvalue weighted by Gasteiger charge is 2.20. The Balaban J connectivity index is 1.75. The van der Waals surface area contributed by atoms with Gasteiger partial charge in [0.25, 0.3) is 0 Å². The Morgan fingerprint density at radius 1 is 1.38 bits per heavy atom. The number of hydrogen-bond donors (Lipinski definition) is 0. The van der Waals surface area contributed by atoms with Crippen LogP contribution in [0.2, 0.25) is 0 Å². The second-order valence-electron chi connectivity index (χ2n) is 4.02. The average molecular weight is 182 g/mol. The van der Waals surface area contributed by atoms with Crippen LogP contribution in [0.5, 0.6) is 0 Å². The molecule has 1 saturated carbocycles. The van der Waals surface area contributed by atoms with Crippen LogP contribution in [0.15, 0.2) is 0 Å². The van der Waals surface area contributed by atoms with Gasteiger partial charge in [-0.15, -0.1) is 0 Å². The van der Waals surface area contributed by atoms with E-state index in [0.717, 1.165) is 25.3 Å². The van der Waals surface area contributed by atoms with E-state index in [4.69, 9.17) is 0 Å². The number of amides is 1. The second kappa shape index (κ2) is 6.01. The van der Waals surface area contributed by atoms with E-state index >= 15 is 0 Å². The fraction of sp³-hybridized carbons (Fsp3) is 0.818. The highest BCUT2D eigenvalue weighted by molar-refractivity contribution is 5.46. The second-order valence-corrected chi connectivity index (χ2v) is 4.02. The van der Waals surface area contributed by atoms with E-state index in [0.29, 0.717) is 0 Å². The number of nitrogens with zero attached hydrogens (tertiary/aromatic N) is 1. The summed E-state index contributed by atoms with van der Waals surface area (Å²) in [7, 11) is 1.84. The van der Waals surface area contributed by atoms with Crippen molar-refractivity contribution in [3.63, 3.8) is 0 Å². The molecule has 13 heavy (non-hydrogen) atoms. The zero-order valence-electron chi connectivity index (χ0n) is 8.54. The van der Waals surface area contributed by atoms with Crippen molar-refractivity contribution in [3.05, 3.63) is 6.42 Å². The largest absolute Gasteiger partial charge is 0.348 e. The molecule has 0 spiro atoms. The quantitative estimate of drug-likeness (QED) is 0.416. The molecule has 75 valence electrons. The molecule has 0 aromatic rings. The molecule has 1 atom stereocenters. The van der Waals surface area contributed by atoms with Gasteiger partial charge in [0, 0.05) is 13.6 Å². The van der Waals surface area contributed by atoms with Crippen LogP contribution < -0.4 is 0 Å². The Morgan fingerprint density at radius 2 is 2.08 bits per heavy atom. The van der Waals surface area contributed by atoms with Gasteiger partial charge in [-0.2, -0.15) is 0 Å². The minimum absolute atomic E-state index is 0.902. The Hall–Kier alpha value is -0.530. The van der Waals surface area contributed by atoms with Gasteiger partial charge in [-0.3, -0.25) is 4.79 Å². The lowest BCUT2D eigenvalue weighted by atomic mass is 10.1. The maximum atomic E-state index is 10.2. The van der Waals surface area contributed by atoms with Crippen LogP contribution in [0.3, 0.4) is 0 Å². The summed E-state index contributed by atoms with van der Waals surface area (Å²) in [6, 6.07) is 0. The molecule has 0 N–H and O–H groups in total. The van der Waals surface area contributed by atoms with Crippen LogP contribution in [-0.4, -0.2) is 24.9 Å². The van der Waals surface area contributed by atoms with Gasteiger partial charge >= 0.3 is 0 Å². The third kappa shape index (κ3) is 5.67. The van der Waals surface area contributed by atoms with E-state index in [-0.39, 0.29) is 0 Å². The van der Waals surface area contributed by atoms with E-state index < -0.39 is 0 Å². The molecule has 2 nitrogen and oxygen atoms in total. The Morgan fingerprint density at radius 3 is 2.69 bits per heavy atom. The van der Waals surface area contributed by atoms with Crippen molar-refractivity contribution < 1.29 is 4.79 Å². The fourth-order valence-electron chi connectivity index (χ4n) is 1.51. The highest BCUT2D eigenvalue weighted by atomic mass is 16.1. The summed E-state index contributed by atoms with van der Waals surface area (Å²) in [5.74, 6) is 0.956. The molecule has 0 bridgehead atoms. The molecule has 1 aliphatic rings. The van der Waals surface area contributed by atoms with E-state index in [1.54, 1.807) is 4.90 Å². The molecule has 0 aliphatic heterocycles. The summed E-state index contributed by atoms with van der Waals surface area (Å²) in [6.45, 7) is 0.916. The summed E-state index contributed by atoms with van der Waals surface area (Å²) < 4.78 is 0. The first-order valence-electron chi connectivity index (χ1n) is 5.32. The van der Waals surface area contributed by atoms with Crippen LogP contribution in [0, 0.1) is 12.3 Å². The first-order valence-corrected chi connectivity index (χ1v) is 5.32. The van der Waals surface area contributed by atoms with Crippen LogP contribution >= 0.6 is 0 Å². The molecule has 0 saturated heterocycles. The Labute approximate surface area is 81.3 Å². The molecular weight excluding hydrogens is 162 g/mol. The summed E-state index contributed by atoms with van der Waals surface area (Å²) in [5.41, 5.74) is 0. The molecule has 1 fully saturated rings. The van der Waals surface area contributed by atoms with E-state index in [1.807, 2.05) is 7.05 Å². The van der Waals surface area contributed by atoms with Crippen LogP contribution in [0.1, 0.15) is 38.5 Å². The van der Waals surface area contributed by atoms with E-state index in [1.165, 1.54) is 32.1 Å². The summed E-state index contributed by atoms with van der Waals surface area (Å²) in [6.07, 6.45) is 11.2. The normalized spacial score (nSPS) is 15.8. The number of unbranched alkanes of at least 4 members (excludes halogenated alkanes) is 3. The average Bonchev–Trinajstić information content (AvgIpc) is 2.94. The lowest BCUT2D eigenvalue weighted by molar-refractivity contribution is -0.117. The first kappa shape index (κ1) is 10.6. The zero-order valence-corrected chi connectivity index (χ0v) is 8.54. The number of hydrogen-bond acceptors (Lipinski definition) is 1. The van der Waals surface area contributed by atoms with Crippen LogP contribution in [0.25, 0.3) is 0 Å². The fourth-order valence-corrected chi connectivity index (χ4v) is 1.51. The van der Waals surface area contributed by atoms with Gasteiger partial charge in [-0.25, -0.2) is 0 Å². The molecule has 0 aromatic heterocycles. The smallest absolute Gasteiger partial charge is 0.209 e. The molecule has 1 aliphatic carbocycles. The predicted molar refractivity (Wildman–Crippen MR) is 54.2 cm³/mol. The van der Waals surface area contributed by atoms with E-state index in [9.17, 15) is 4.79 Å². The Kier molecular flexibility index (Phi) is 4.87. The summed E-state index contributed by atoms with van der Waals surface area (Å²) >= 11 is 0. The van der Waals surface area contributed by atoms with Gasteiger partial charge in [0.05, 0.1) is 0 Å². The standard InChI is InChI=1S/C11H20NO/c1-12(10-13)9-5-3-2-4-6-11-7-8-11/h7,10-11H,2-6,8-9H2,1H3. The molecule has 1 amide bonds. The van der Waals surface area contributed by atoms with Gasteiger partial charge in [-0.1, -0.05) is 25.7 Å². The van der Waals surface area contributed by atoms with Gasteiger partial charge in [0.1, 0.15) is 0 Å². The van der Waals surface area contributed by atoms with Gasteiger partial charge in [0.2, 0.25) is 6.41 Å². The van der Waals surface area contributed by atoms with Gasteiger partial charge < -0.3 is 4.90 Å². The van der Waals surface area contributed by atoms with Crippen molar-refractivity contribution >= 4 is 6.41 Å². The predicted octanol–water partition coefficient (Wildman–Crippen LogP) is 2.25. The van der Waals surface area contributed by atoms with Crippen molar-refractivity contribution in [1.29, 1.82) is 0 Å². The first-order chi connectivity index (χ1) is 6.33. The van der Waals surface area contributed by atoms with Crippen molar-refractivity contribution in [3.8, 4) is 0 Å². The number of carbonyl (C=O) groups excluding carboxylic acids is 1. The van der Waals surface area contributed by atoms with Gasteiger partial charge in [-0.05, 0) is 25.2 Å². The third-order valence-corrected chi connectivity index (χ3v) is 2.58. The van der Waals surface area contributed by atoms with Crippen molar-refractivity contribution in [2.45, 2.75) is 38.5 Å². The molecule has 1 unspecified atom stereocenters. The maximum absolute atomic E-state index is 10.2. The van der Waals surface area contributed by atoms with E-state index in [2.05, 4.69) is 6.42 Å². The summed E-state index contributed by atoms with van der Waals surface area (Å²) in [5, 5.41) is 0. The van der Waals surface area contributed by atoms with Crippen LogP contribution in [0.4, 0.5) is 0 Å². The SMILES string of the molecule is CN(C=O)CCCCCCC1[CH]C1. The molecule has 1 radical (unpaired) electrons. The monoisotopic (exact) mass is 182 g/mol. The highest BCUT2D eigenvalue weighted by Crippen LogP contribution is 2.32. The number of rotatable bonds is 8. The molecular formula is C11H20NO. The van der Waals surface area contributed by atoms with Gasteiger partial charge in [0.15, 0.2) is 0 Å². The number of carbonyl (C=O) groups is 1. The van der Waals surface area contributed by atoms with Crippen LogP contribution in [-0.2, 0) is 4.79 Å². The third-order valence-electron chi connectivity index (χ3n) is 2.58.